The third-order valence-corrected chi connectivity index (χ3v) is 24.7. The van der Waals surface area contributed by atoms with Crippen LogP contribution in [0.15, 0.2) is 119 Å². The molecule has 182 valence electrons. The van der Waals surface area contributed by atoms with Crippen LogP contribution in [-0.4, -0.2) is 4.21 Å². The van der Waals surface area contributed by atoms with Crippen LogP contribution in [0.1, 0.15) is 30.0 Å². The molecule has 4 aromatic carbocycles. The number of hydrogen-bond acceptors (Lipinski definition) is 0. The van der Waals surface area contributed by atoms with E-state index in [1.54, 1.807) is 0 Å². The third kappa shape index (κ3) is 3.71. The zero-order valence-corrected chi connectivity index (χ0v) is 24.7. The van der Waals surface area contributed by atoms with Gasteiger partial charge in [-0.25, -0.2) is 0 Å². The molecule has 0 radical (unpaired) electrons. The van der Waals surface area contributed by atoms with Crippen molar-refractivity contribution in [1.29, 1.82) is 0 Å². The molecule has 0 nitrogen and oxygen atoms in total. The first kappa shape index (κ1) is 26.7. The summed E-state index contributed by atoms with van der Waals surface area (Å²) in [6.07, 6.45) is 9.97. The molecule has 0 spiro atoms. The van der Waals surface area contributed by atoms with E-state index >= 15 is 0 Å². The van der Waals surface area contributed by atoms with Crippen molar-refractivity contribution in [3.8, 4) is 11.1 Å². The van der Waals surface area contributed by atoms with Crippen LogP contribution in [0.25, 0.3) is 11.1 Å². The van der Waals surface area contributed by atoms with Crippen LogP contribution in [0.5, 0.6) is 0 Å². The van der Waals surface area contributed by atoms with E-state index in [-0.39, 0.29) is 24.8 Å². The summed E-state index contributed by atoms with van der Waals surface area (Å²) in [4.78, 5) is 0. The Morgan fingerprint density at radius 3 is 2.08 bits per heavy atom. The maximum absolute atomic E-state index is 5.49. The molecule has 0 N–H and O–H groups in total. The number of fused-ring (bicyclic) bond motifs is 3. The summed E-state index contributed by atoms with van der Waals surface area (Å²) >= 11 is -4.48. The van der Waals surface area contributed by atoms with Gasteiger partial charge in [0, 0.05) is 0 Å². The summed E-state index contributed by atoms with van der Waals surface area (Å²) in [5.41, 5.74) is 7.08. The molecule has 2 aliphatic carbocycles. The van der Waals surface area contributed by atoms with Crippen LogP contribution < -0.4 is 9.81 Å². The molecule has 0 heterocycles. The van der Waals surface area contributed by atoms with Crippen LogP contribution in [0.3, 0.4) is 0 Å². The van der Waals surface area contributed by atoms with Crippen molar-refractivity contribution in [2.75, 3.05) is 0 Å². The minimum absolute atomic E-state index is 0. The van der Waals surface area contributed by atoms with Crippen LogP contribution >= 0.6 is 24.8 Å². The summed E-state index contributed by atoms with van der Waals surface area (Å²) in [7, 11) is 0. The molecular weight excluding hydrogens is 558 g/mol. The Kier molecular flexibility index (Phi) is 7.59. The Bertz CT molecular complexity index is 1530. The predicted octanol–water partition coefficient (Wildman–Crippen LogP) is 6.91. The Labute approximate surface area is 228 Å². The molecule has 0 fully saturated rings. The second-order valence-electron chi connectivity index (χ2n) is 9.86. The van der Waals surface area contributed by atoms with Crippen molar-refractivity contribution in [2.24, 2.45) is 0 Å². The molecular formula is C33H32Cl2Zr. The van der Waals surface area contributed by atoms with E-state index in [2.05, 4.69) is 122 Å². The van der Waals surface area contributed by atoms with Crippen LogP contribution in [0.4, 0.5) is 0 Å². The van der Waals surface area contributed by atoms with Gasteiger partial charge in [-0.2, -0.15) is 0 Å². The van der Waals surface area contributed by atoms with E-state index in [0.29, 0.717) is 0 Å². The molecule has 0 amide bonds. The minimum atomic E-state index is -4.48. The van der Waals surface area contributed by atoms with Gasteiger partial charge < -0.3 is 0 Å². The second-order valence-corrected chi connectivity index (χ2v) is 22.8. The van der Waals surface area contributed by atoms with Gasteiger partial charge in [-0.05, 0) is 0 Å². The van der Waals surface area contributed by atoms with Crippen molar-refractivity contribution >= 4 is 38.8 Å². The van der Waals surface area contributed by atoms with Crippen molar-refractivity contribution in [2.45, 2.75) is 26.2 Å². The second kappa shape index (κ2) is 10.2. The molecule has 0 aromatic heterocycles. The standard InChI is InChI=1S/C13H9.C8H9.C6H5.C5H5.CH2.2ClH.Zr/c1-3-7-12-10(5-1)9-11-6-2-4-8-13(11)12;1-2-8-6-4-3-5-7-8;1-2-4-6-5-3-1;1-2-4-5-3-1;;;;/h1-5,7-8H,9H2;4-7H,2H2,1H3;1-5H;1-3H,4H2;1H2;2*1H;. The normalized spacial score (nSPS) is 13.8. The summed E-state index contributed by atoms with van der Waals surface area (Å²) in [6.45, 7) is 2.23. The number of allylic oxidation sites excluding steroid dienone is 4. The van der Waals surface area contributed by atoms with Crippen LogP contribution in [0.2, 0.25) is 0 Å². The number of aryl methyl sites for hydroxylation is 1. The average Bonchev–Trinajstić information content (AvgIpc) is 3.58. The predicted molar refractivity (Wildman–Crippen MR) is 159 cm³/mol. The van der Waals surface area contributed by atoms with E-state index in [0.717, 1.165) is 19.3 Å². The van der Waals surface area contributed by atoms with E-state index < -0.39 is 18.3 Å². The Morgan fingerprint density at radius 1 is 0.722 bits per heavy atom. The Hall–Kier alpha value is -2.31. The fraction of sp³-hybridized carbons (Fsp3) is 0.121. The first-order chi connectivity index (χ1) is 16.6. The van der Waals surface area contributed by atoms with Crippen molar-refractivity contribution < 1.29 is 18.3 Å². The van der Waals surface area contributed by atoms with Gasteiger partial charge in [-0.15, -0.1) is 24.8 Å². The monoisotopic (exact) mass is 588 g/mol. The van der Waals surface area contributed by atoms with Gasteiger partial charge in [0.05, 0.1) is 0 Å². The van der Waals surface area contributed by atoms with E-state index in [1.807, 2.05) is 0 Å². The topological polar surface area (TPSA) is 0 Å². The molecule has 0 atom stereocenters. The van der Waals surface area contributed by atoms with Crippen LogP contribution in [-0.2, 0) is 31.1 Å². The molecule has 6 rings (SSSR count). The molecule has 4 aromatic rings. The SMILES string of the molecule is Cl.Cl.[CH2]=[Zr]([C]1=CC=CC1)([c]1ccccc1)([c]1ccc(CC)cc1)[c]1cccc2c1Cc1ccccc1-2. The molecule has 0 saturated carbocycles. The summed E-state index contributed by atoms with van der Waals surface area (Å²) < 4.78 is 11.4. The number of benzene rings is 4. The molecule has 0 saturated heterocycles. The van der Waals surface area contributed by atoms with E-state index in [9.17, 15) is 0 Å². The zero-order valence-electron chi connectivity index (χ0n) is 20.6. The first-order valence-electron chi connectivity index (χ1n) is 12.4. The molecule has 0 aliphatic heterocycles. The number of rotatable bonds is 5. The van der Waals surface area contributed by atoms with Crippen molar-refractivity contribution in [3.05, 3.63) is 135 Å². The van der Waals surface area contributed by atoms with Gasteiger partial charge >= 0.3 is 205 Å². The number of hydrogen-bond donors (Lipinski definition) is 0. The van der Waals surface area contributed by atoms with Gasteiger partial charge in [-0.1, -0.05) is 0 Å². The van der Waals surface area contributed by atoms with E-state index in [4.69, 9.17) is 4.21 Å². The summed E-state index contributed by atoms with van der Waals surface area (Å²) in [5.74, 6) is 0. The Balaban J connectivity index is 0.00000152. The fourth-order valence-electron chi connectivity index (χ4n) is 6.47. The summed E-state index contributed by atoms with van der Waals surface area (Å²) in [6, 6.07) is 36.7. The quantitative estimate of drug-likeness (QED) is 0.209. The van der Waals surface area contributed by atoms with Gasteiger partial charge in [0.15, 0.2) is 0 Å². The fourth-order valence-corrected chi connectivity index (χ4v) is 21.9. The summed E-state index contributed by atoms with van der Waals surface area (Å²) in [5, 5.41) is 0. The van der Waals surface area contributed by atoms with Crippen molar-refractivity contribution in [1.82, 2.24) is 0 Å². The first-order valence-corrected chi connectivity index (χ1v) is 19.0. The van der Waals surface area contributed by atoms with Gasteiger partial charge in [0.1, 0.15) is 0 Å². The molecule has 36 heavy (non-hydrogen) atoms. The van der Waals surface area contributed by atoms with E-state index in [1.165, 1.54) is 40.9 Å². The number of halogens is 2. The van der Waals surface area contributed by atoms with Crippen LogP contribution in [0, 0.1) is 0 Å². The average molecular weight is 591 g/mol. The molecule has 3 heteroatoms. The molecule has 0 bridgehead atoms. The van der Waals surface area contributed by atoms with Gasteiger partial charge in [0.2, 0.25) is 0 Å². The molecule has 2 aliphatic rings. The maximum atomic E-state index is 5.49. The zero-order chi connectivity index (χ0) is 23.2. The van der Waals surface area contributed by atoms with Gasteiger partial charge in [0.25, 0.3) is 0 Å². The van der Waals surface area contributed by atoms with Crippen molar-refractivity contribution in [3.63, 3.8) is 0 Å². The van der Waals surface area contributed by atoms with Gasteiger partial charge in [-0.3, -0.25) is 0 Å². The molecule has 0 unspecified atom stereocenters. The Morgan fingerprint density at radius 2 is 1.39 bits per heavy atom. The third-order valence-electron chi connectivity index (χ3n) is 8.34.